The zero-order chi connectivity index (χ0) is 19.9. The molecule has 0 aromatic heterocycles. The van der Waals surface area contributed by atoms with Crippen LogP contribution in [0, 0.1) is 0 Å². The molecule has 0 aliphatic rings. The molecule has 2 aromatic rings. The lowest BCUT2D eigenvalue weighted by atomic mass is 10.2. The predicted octanol–water partition coefficient (Wildman–Crippen LogP) is 2.48. The molecule has 0 unspecified atom stereocenters. The Morgan fingerprint density at radius 1 is 0.538 bits per heavy atom. The molecule has 2 rings (SSSR count). The highest BCUT2D eigenvalue weighted by atomic mass is 16.4. The summed E-state index contributed by atoms with van der Waals surface area (Å²) in [5, 5.41) is 32.4. The maximum absolute atomic E-state index is 10.2. The third kappa shape index (κ3) is 11.6. The Balaban J connectivity index is 0.000000362. The van der Waals surface area contributed by atoms with E-state index in [1.165, 1.54) is 0 Å². The fraction of sp³-hybridized carbons (Fsp3) is 0. The average Bonchev–Trinajstić information content (AvgIpc) is 2.62. The van der Waals surface area contributed by atoms with Crippen molar-refractivity contribution in [2.45, 2.75) is 0 Å². The summed E-state index contributed by atoms with van der Waals surface area (Å²) in [5.41, 5.74) is 0.662. The lowest BCUT2D eigenvalue weighted by molar-refractivity contribution is -0.134. The molecule has 4 N–H and O–H groups in total. The van der Waals surface area contributed by atoms with Crippen LogP contribution in [0.25, 0.3) is 0 Å². The number of carboxylic acids is 4. The highest BCUT2D eigenvalue weighted by Gasteiger charge is 1.97. The van der Waals surface area contributed by atoms with Gasteiger partial charge in [0.05, 0.1) is 11.1 Å². The number of rotatable bonds is 4. The minimum Gasteiger partial charge on any atom is -0.478 e. The molecular formula is C18H16O8. The van der Waals surface area contributed by atoms with E-state index in [1.54, 1.807) is 60.7 Å². The molecule has 136 valence electrons. The summed E-state index contributed by atoms with van der Waals surface area (Å²) in [6, 6.07) is 16.6. The summed E-state index contributed by atoms with van der Waals surface area (Å²) < 4.78 is 0. The van der Waals surface area contributed by atoms with Crippen molar-refractivity contribution in [3.63, 3.8) is 0 Å². The topological polar surface area (TPSA) is 149 Å². The Labute approximate surface area is 148 Å². The summed E-state index contributed by atoms with van der Waals surface area (Å²) in [7, 11) is 0. The molecular weight excluding hydrogens is 344 g/mol. The van der Waals surface area contributed by atoms with Crippen molar-refractivity contribution in [3.05, 3.63) is 83.9 Å². The van der Waals surface area contributed by atoms with Crippen molar-refractivity contribution in [2.24, 2.45) is 0 Å². The number of aromatic carboxylic acids is 2. The van der Waals surface area contributed by atoms with Gasteiger partial charge in [0.15, 0.2) is 0 Å². The largest absolute Gasteiger partial charge is 0.478 e. The molecule has 0 radical (unpaired) electrons. The molecule has 8 heteroatoms. The van der Waals surface area contributed by atoms with Gasteiger partial charge in [0.1, 0.15) is 0 Å². The lowest BCUT2D eigenvalue weighted by Crippen LogP contribution is -1.93. The van der Waals surface area contributed by atoms with Gasteiger partial charge in [-0.1, -0.05) is 36.4 Å². The van der Waals surface area contributed by atoms with E-state index in [4.69, 9.17) is 20.4 Å². The Hall–Kier alpha value is -3.94. The van der Waals surface area contributed by atoms with Gasteiger partial charge in [0.2, 0.25) is 0 Å². The molecule has 2 aromatic carbocycles. The van der Waals surface area contributed by atoms with Crippen LogP contribution in [0.15, 0.2) is 72.8 Å². The Morgan fingerprint density at radius 2 is 0.808 bits per heavy atom. The minimum absolute atomic E-state index is 0.331. The van der Waals surface area contributed by atoms with E-state index in [0.717, 1.165) is 0 Å². The second kappa shape index (κ2) is 12.5. The van der Waals surface area contributed by atoms with Crippen LogP contribution in [0.3, 0.4) is 0 Å². The number of carbonyl (C=O) groups is 4. The summed E-state index contributed by atoms with van der Waals surface area (Å²) in [6.45, 7) is 0. The number of aliphatic carboxylic acids is 2. The summed E-state index contributed by atoms with van der Waals surface area (Å²) in [6.07, 6.45) is 1.12. The van der Waals surface area contributed by atoms with Crippen molar-refractivity contribution < 1.29 is 39.6 Å². The van der Waals surface area contributed by atoms with Gasteiger partial charge in [-0.05, 0) is 24.3 Å². The van der Waals surface area contributed by atoms with Crippen LogP contribution in [0.4, 0.5) is 0 Å². The van der Waals surface area contributed by atoms with Crippen LogP contribution in [-0.4, -0.2) is 44.3 Å². The molecule has 0 spiro atoms. The first-order valence-corrected chi connectivity index (χ1v) is 6.94. The highest BCUT2D eigenvalue weighted by Crippen LogP contribution is 1.96. The standard InChI is InChI=1S/2C7H6O2.C4H4O4/c2*8-7(9)6-4-2-1-3-5-6;5-3(6)1-2-4(7)8/h2*1-5H,(H,8,9);1-2H,(H,5,6)(H,7,8)/b;;2-1+. The zero-order valence-corrected chi connectivity index (χ0v) is 13.4. The quantitative estimate of drug-likeness (QED) is 0.607. The van der Waals surface area contributed by atoms with Crippen LogP contribution >= 0.6 is 0 Å². The van der Waals surface area contributed by atoms with Crippen LogP contribution in [0.1, 0.15) is 20.7 Å². The predicted molar refractivity (Wildman–Crippen MR) is 91.2 cm³/mol. The maximum Gasteiger partial charge on any atom is 0.335 e. The van der Waals surface area contributed by atoms with Gasteiger partial charge in [0.25, 0.3) is 0 Å². The highest BCUT2D eigenvalue weighted by molar-refractivity contribution is 5.89. The second-order valence-electron chi connectivity index (χ2n) is 4.35. The van der Waals surface area contributed by atoms with Gasteiger partial charge < -0.3 is 20.4 Å². The van der Waals surface area contributed by atoms with Gasteiger partial charge in [-0.25, -0.2) is 19.2 Å². The van der Waals surface area contributed by atoms with E-state index in [1.807, 2.05) is 0 Å². The van der Waals surface area contributed by atoms with Crippen molar-refractivity contribution in [1.82, 2.24) is 0 Å². The fourth-order valence-corrected chi connectivity index (χ4v) is 1.30. The molecule has 0 aliphatic heterocycles. The Kier molecular flexibility index (Phi) is 10.6. The monoisotopic (exact) mass is 360 g/mol. The second-order valence-corrected chi connectivity index (χ2v) is 4.35. The minimum atomic E-state index is -1.26. The first-order valence-electron chi connectivity index (χ1n) is 6.94. The molecule has 0 saturated carbocycles. The van der Waals surface area contributed by atoms with Crippen LogP contribution in [0.5, 0.6) is 0 Å². The van der Waals surface area contributed by atoms with Gasteiger partial charge in [-0.2, -0.15) is 0 Å². The summed E-state index contributed by atoms with van der Waals surface area (Å²) in [4.78, 5) is 39.5. The zero-order valence-electron chi connectivity index (χ0n) is 13.4. The van der Waals surface area contributed by atoms with Crippen LogP contribution in [0.2, 0.25) is 0 Å². The molecule has 0 aliphatic carbocycles. The van der Waals surface area contributed by atoms with Crippen molar-refractivity contribution in [3.8, 4) is 0 Å². The van der Waals surface area contributed by atoms with E-state index in [0.29, 0.717) is 23.3 Å². The molecule has 26 heavy (non-hydrogen) atoms. The molecule has 0 saturated heterocycles. The van der Waals surface area contributed by atoms with Crippen molar-refractivity contribution >= 4 is 23.9 Å². The summed E-state index contributed by atoms with van der Waals surface area (Å²) in [5.74, 6) is -4.27. The van der Waals surface area contributed by atoms with Gasteiger partial charge >= 0.3 is 23.9 Å². The molecule has 0 atom stereocenters. The van der Waals surface area contributed by atoms with Crippen molar-refractivity contribution in [1.29, 1.82) is 0 Å². The van der Waals surface area contributed by atoms with Crippen LogP contribution < -0.4 is 0 Å². The summed E-state index contributed by atoms with van der Waals surface area (Å²) >= 11 is 0. The third-order valence-corrected chi connectivity index (χ3v) is 2.41. The van der Waals surface area contributed by atoms with E-state index in [2.05, 4.69) is 0 Å². The SMILES string of the molecule is O=C(O)/C=C/C(=O)O.O=C(O)c1ccccc1.O=C(O)c1ccccc1. The van der Waals surface area contributed by atoms with E-state index in [9.17, 15) is 19.2 Å². The first-order chi connectivity index (χ1) is 12.2. The van der Waals surface area contributed by atoms with Gasteiger partial charge in [0, 0.05) is 12.2 Å². The van der Waals surface area contributed by atoms with E-state index >= 15 is 0 Å². The first kappa shape index (κ1) is 22.1. The normalized spacial score (nSPS) is 9.08. The number of benzene rings is 2. The smallest absolute Gasteiger partial charge is 0.335 e. The van der Waals surface area contributed by atoms with E-state index in [-0.39, 0.29) is 0 Å². The molecule has 0 amide bonds. The molecule has 0 bridgehead atoms. The molecule has 0 heterocycles. The van der Waals surface area contributed by atoms with Crippen molar-refractivity contribution in [2.75, 3.05) is 0 Å². The molecule has 8 nitrogen and oxygen atoms in total. The maximum atomic E-state index is 10.2. The number of hydrogen-bond donors (Lipinski definition) is 4. The van der Waals surface area contributed by atoms with Crippen LogP contribution in [-0.2, 0) is 9.59 Å². The average molecular weight is 360 g/mol. The molecule has 0 fully saturated rings. The Bertz CT molecular complexity index is 686. The number of carboxylic acid groups (broad SMARTS) is 4. The van der Waals surface area contributed by atoms with E-state index < -0.39 is 23.9 Å². The third-order valence-electron chi connectivity index (χ3n) is 2.41. The lowest BCUT2D eigenvalue weighted by Gasteiger charge is -1.88. The van der Waals surface area contributed by atoms with Gasteiger partial charge in [-0.15, -0.1) is 0 Å². The number of hydrogen-bond acceptors (Lipinski definition) is 4. The van der Waals surface area contributed by atoms with Gasteiger partial charge in [-0.3, -0.25) is 0 Å². The fourth-order valence-electron chi connectivity index (χ4n) is 1.30. The Morgan fingerprint density at radius 3 is 0.962 bits per heavy atom.